The standard InChI is InChI=1S/C15H17Cl2N3/c1-8(2)13-9(3)19-14(20-15(13)18-4)10-5-11(16)7-12(17)6-10/h5-8H,1-4H3,(H,18,19,20). The van der Waals surface area contributed by atoms with Crippen LogP contribution in [0.3, 0.4) is 0 Å². The summed E-state index contributed by atoms with van der Waals surface area (Å²) in [7, 11) is 1.86. The Labute approximate surface area is 129 Å². The number of aromatic nitrogens is 2. The summed E-state index contributed by atoms with van der Waals surface area (Å²) in [5, 5.41) is 4.29. The van der Waals surface area contributed by atoms with E-state index in [1.165, 1.54) is 0 Å². The number of rotatable bonds is 3. The van der Waals surface area contributed by atoms with E-state index in [0.717, 1.165) is 22.6 Å². The van der Waals surface area contributed by atoms with E-state index in [2.05, 4.69) is 29.1 Å². The normalized spacial score (nSPS) is 10.9. The van der Waals surface area contributed by atoms with Crippen molar-refractivity contribution in [3.05, 3.63) is 39.5 Å². The quantitative estimate of drug-likeness (QED) is 0.874. The van der Waals surface area contributed by atoms with Gasteiger partial charge in [-0.2, -0.15) is 0 Å². The second kappa shape index (κ2) is 5.98. The largest absolute Gasteiger partial charge is 0.373 e. The molecule has 0 saturated heterocycles. The first-order chi connectivity index (χ1) is 9.42. The van der Waals surface area contributed by atoms with Crippen LogP contribution in [0.1, 0.15) is 31.0 Å². The molecule has 3 nitrogen and oxygen atoms in total. The van der Waals surface area contributed by atoms with Gasteiger partial charge >= 0.3 is 0 Å². The summed E-state index contributed by atoms with van der Waals surface area (Å²) in [5.41, 5.74) is 2.91. The predicted molar refractivity (Wildman–Crippen MR) is 85.9 cm³/mol. The Morgan fingerprint density at radius 2 is 1.65 bits per heavy atom. The molecule has 0 fully saturated rings. The van der Waals surface area contributed by atoms with Gasteiger partial charge in [0, 0.05) is 33.9 Å². The fourth-order valence-electron chi connectivity index (χ4n) is 2.28. The Morgan fingerprint density at radius 3 is 2.15 bits per heavy atom. The Hall–Kier alpha value is -1.32. The number of benzene rings is 1. The SMILES string of the molecule is CNc1nc(-c2cc(Cl)cc(Cl)c2)nc(C)c1C(C)C. The van der Waals surface area contributed by atoms with Gasteiger partial charge in [-0.3, -0.25) is 0 Å². The Morgan fingerprint density at radius 1 is 1.05 bits per heavy atom. The molecule has 20 heavy (non-hydrogen) atoms. The molecule has 1 heterocycles. The fraction of sp³-hybridized carbons (Fsp3) is 0.333. The fourth-order valence-corrected chi connectivity index (χ4v) is 2.80. The highest BCUT2D eigenvalue weighted by Crippen LogP contribution is 2.30. The average molecular weight is 310 g/mol. The highest BCUT2D eigenvalue weighted by atomic mass is 35.5. The summed E-state index contributed by atoms with van der Waals surface area (Å²) >= 11 is 12.1. The lowest BCUT2D eigenvalue weighted by molar-refractivity contribution is 0.833. The lowest BCUT2D eigenvalue weighted by Crippen LogP contribution is -2.07. The van der Waals surface area contributed by atoms with E-state index in [0.29, 0.717) is 21.8 Å². The van der Waals surface area contributed by atoms with Crippen LogP contribution in [0, 0.1) is 6.92 Å². The highest BCUT2D eigenvalue weighted by Gasteiger charge is 2.15. The van der Waals surface area contributed by atoms with Gasteiger partial charge in [0.2, 0.25) is 0 Å². The number of nitrogens with one attached hydrogen (secondary N) is 1. The van der Waals surface area contributed by atoms with E-state index >= 15 is 0 Å². The molecule has 0 spiro atoms. The van der Waals surface area contributed by atoms with E-state index < -0.39 is 0 Å². The third kappa shape index (κ3) is 3.05. The van der Waals surface area contributed by atoms with Crippen LogP contribution >= 0.6 is 23.2 Å². The van der Waals surface area contributed by atoms with Crippen LogP contribution in [0.2, 0.25) is 10.0 Å². The minimum absolute atomic E-state index is 0.356. The molecule has 1 N–H and O–H groups in total. The molecule has 2 rings (SSSR count). The van der Waals surface area contributed by atoms with E-state index in [9.17, 15) is 0 Å². The smallest absolute Gasteiger partial charge is 0.161 e. The van der Waals surface area contributed by atoms with Crippen molar-refractivity contribution >= 4 is 29.0 Å². The maximum Gasteiger partial charge on any atom is 0.161 e. The average Bonchev–Trinajstić information content (AvgIpc) is 2.35. The van der Waals surface area contributed by atoms with Crippen LogP contribution in [0.15, 0.2) is 18.2 Å². The summed E-state index contributed by atoms with van der Waals surface area (Å²) in [6.07, 6.45) is 0. The molecule has 1 aromatic heterocycles. The van der Waals surface area contributed by atoms with Crippen LogP contribution in [-0.2, 0) is 0 Å². The van der Waals surface area contributed by atoms with Crippen molar-refractivity contribution in [3.8, 4) is 11.4 Å². The second-order valence-corrected chi connectivity index (χ2v) is 5.83. The lowest BCUT2D eigenvalue weighted by Gasteiger charge is -2.15. The maximum atomic E-state index is 6.04. The van der Waals surface area contributed by atoms with Crippen molar-refractivity contribution in [1.29, 1.82) is 0 Å². The van der Waals surface area contributed by atoms with E-state index in [1.807, 2.05) is 26.1 Å². The van der Waals surface area contributed by atoms with Crippen LogP contribution in [0.5, 0.6) is 0 Å². The molecule has 0 radical (unpaired) electrons. The van der Waals surface area contributed by atoms with Gasteiger partial charge in [0.1, 0.15) is 5.82 Å². The van der Waals surface area contributed by atoms with Gasteiger partial charge in [-0.05, 0) is 31.0 Å². The van der Waals surface area contributed by atoms with Gasteiger partial charge in [-0.25, -0.2) is 9.97 Å². The zero-order valence-corrected chi connectivity index (χ0v) is 13.5. The topological polar surface area (TPSA) is 37.8 Å². The number of hydrogen-bond donors (Lipinski definition) is 1. The third-order valence-electron chi connectivity index (χ3n) is 3.07. The van der Waals surface area contributed by atoms with Gasteiger partial charge in [-0.15, -0.1) is 0 Å². The Kier molecular flexibility index (Phi) is 4.51. The second-order valence-electron chi connectivity index (χ2n) is 4.96. The molecule has 106 valence electrons. The first-order valence-corrected chi connectivity index (χ1v) is 7.20. The van der Waals surface area contributed by atoms with Crippen molar-refractivity contribution in [2.24, 2.45) is 0 Å². The van der Waals surface area contributed by atoms with Gasteiger partial charge in [0.15, 0.2) is 5.82 Å². The van der Waals surface area contributed by atoms with Crippen molar-refractivity contribution < 1.29 is 0 Å². The molecule has 0 atom stereocenters. The Bertz CT molecular complexity index is 619. The first-order valence-electron chi connectivity index (χ1n) is 6.45. The van der Waals surface area contributed by atoms with Crippen LogP contribution in [-0.4, -0.2) is 17.0 Å². The predicted octanol–water partition coefficient (Wildman–Crippen LogP) is 4.92. The van der Waals surface area contributed by atoms with Gasteiger partial charge in [0.25, 0.3) is 0 Å². The molecule has 5 heteroatoms. The Balaban J connectivity index is 2.61. The molecule has 0 unspecified atom stereocenters. The molecular weight excluding hydrogens is 293 g/mol. The van der Waals surface area contributed by atoms with Crippen molar-refractivity contribution in [1.82, 2.24) is 9.97 Å². The molecule has 0 bridgehead atoms. The first kappa shape index (κ1) is 15.1. The van der Waals surface area contributed by atoms with Crippen LogP contribution in [0.4, 0.5) is 5.82 Å². The number of nitrogens with zero attached hydrogens (tertiary/aromatic N) is 2. The molecule has 1 aromatic carbocycles. The lowest BCUT2D eigenvalue weighted by atomic mass is 10.0. The van der Waals surface area contributed by atoms with E-state index in [1.54, 1.807) is 6.07 Å². The van der Waals surface area contributed by atoms with Crippen molar-refractivity contribution in [2.45, 2.75) is 26.7 Å². The number of halogens is 2. The van der Waals surface area contributed by atoms with Gasteiger partial charge < -0.3 is 5.32 Å². The molecule has 0 aliphatic heterocycles. The number of anilines is 1. The maximum absolute atomic E-state index is 6.04. The number of hydrogen-bond acceptors (Lipinski definition) is 3. The van der Waals surface area contributed by atoms with E-state index in [4.69, 9.17) is 23.2 Å². The summed E-state index contributed by atoms with van der Waals surface area (Å²) in [5.74, 6) is 1.83. The molecule has 0 aliphatic rings. The molecular formula is C15H17Cl2N3. The third-order valence-corrected chi connectivity index (χ3v) is 3.51. The van der Waals surface area contributed by atoms with Crippen molar-refractivity contribution in [2.75, 3.05) is 12.4 Å². The van der Waals surface area contributed by atoms with Crippen molar-refractivity contribution in [3.63, 3.8) is 0 Å². The van der Waals surface area contributed by atoms with Crippen LogP contribution < -0.4 is 5.32 Å². The minimum Gasteiger partial charge on any atom is -0.373 e. The van der Waals surface area contributed by atoms with Gasteiger partial charge in [-0.1, -0.05) is 37.0 Å². The summed E-state index contributed by atoms with van der Waals surface area (Å²) in [6, 6.07) is 5.33. The number of aryl methyl sites for hydroxylation is 1. The van der Waals surface area contributed by atoms with Gasteiger partial charge in [0.05, 0.1) is 0 Å². The molecule has 2 aromatic rings. The molecule has 0 saturated carbocycles. The molecule has 0 aliphatic carbocycles. The minimum atomic E-state index is 0.356. The zero-order valence-electron chi connectivity index (χ0n) is 12.0. The highest BCUT2D eigenvalue weighted by molar-refractivity contribution is 6.35. The summed E-state index contributed by atoms with van der Waals surface area (Å²) in [6.45, 7) is 6.25. The molecule has 0 amide bonds. The van der Waals surface area contributed by atoms with Crippen LogP contribution in [0.25, 0.3) is 11.4 Å². The summed E-state index contributed by atoms with van der Waals surface area (Å²) in [4.78, 5) is 9.17. The zero-order chi connectivity index (χ0) is 14.9. The summed E-state index contributed by atoms with van der Waals surface area (Å²) < 4.78 is 0. The van der Waals surface area contributed by atoms with E-state index in [-0.39, 0.29) is 0 Å². The monoisotopic (exact) mass is 309 g/mol.